The minimum absolute atomic E-state index is 0.0726. The van der Waals surface area contributed by atoms with Crippen LogP contribution in [0.5, 0.6) is 0 Å². The third-order valence-electron chi connectivity index (χ3n) is 1.93. The maximum absolute atomic E-state index is 10.8. The van der Waals surface area contributed by atoms with Gasteiger partial charge in [-0.3, -0.25) is 10.1 Å². The molecular formula is C8H14N6O2. The van der Waals surface area contributed by atoms with Gasteiger partial charge in [0.05, 0.1) is 4.92 Å². The van der Waals surface area contributed by atoms with Gasteiger partial charge in [0.1, 0.15) is 0 Å². The summed E-state index contributed by atoms with van der Waals surface area (Å²) in [5.41, 5.74) is 10.5. The van der Waals surface area contributed by atoms with Crippen LogP contribution in [-0.4, -0.2) is 21.4 Å². The Morgan fingerprint density at radius 1 is 1.44 bits per heavy atom. The molecule has 8 heteroatoms. The molecule has 0 radical (unpaired) electrons. The van der Waals surface area contributed by atoms with E-state index in [2.05, 4.69) is 15.3 Å². The Balaban J connectivity index is 2.99. The molecule has 0 atom stereocenters. The number of nitrogen functional groups attached to an aromatic ring is 2. The van der Waals surface area contributed by atoms with E-state index in [4.69, 9.17) is 11.5 Å². The lowest BCUT2D eigenvalue weighted by Crippen LogP contribution is -2.11. The minimum atomic E-state index is -0.622. The van der Waals surface area contributed by atoms with E-state index < -0.39 is 4.92 Å². The molecule has 8 nitrogen and oxygen atoms in total. The first kappa shape index (κ1) is 12.0. The van der Waals surface area contributed by atoms with Crippen LogP contribution in [0.15, 0.2) is 0 Å². The van der Waals surface area contributed by atoms with Gasteiger partial charge in [-0.1, -0.05) is 13.3 Å². The molecule has 0 aliphatic rings. The van der Waals surface area contributed by atoms with Gasteiger partial charge in [0.15, 0.2) is 0 Å². The zero-order valence-corrected chi connectivity index (χ0v) is 8.93. The molecule has 0 fully saturated rings. The van der Waals surface area contributed by atoms with Gasteiger partial charge in [0.25, 0.3) is 0 Å². The highest BCUT2D eigenvalue weighted by Gasteiger charge is 2.21. The van der Waals surface area contributed by atoms with Gasteiger partial charge in [-0.2, -0.15) is 9.97 Å². The second-order valence-electron chi connectivity index (χ2n) is 3.20. The molecule has 0 aromatic carbocycles. The molecule has 1 aromatic heterocycles. The zero-order valence-electron chi connectivity index (χ0n) is 8.93. The van der Waals surface area contributed by atoms with Crippen LogP contribution in [0.4, 0.5) is 23.3 Å². The first-order valence-corrected chi connectivity index (χ1v) is 4.87. The molecule has 88 valence electrons. The number of nitrogens with two attached hydrogens (primary N) is 2. The van der Waals surface area contributed by atoms with Crippen molar-refractivity contribution in [3.63, 3.8) is 0 Å². The molecule has 0 aliphatic carbocycles. The number of hydrogen-bond acceptors (Lipinski definition) is 7. The van der Waals surface area contributed by atoms with Gasteiger partial charge in [-0.05, 0) is 6.42 Å². The highest BCUT2D eigenvalue weighted by atomic mass is 16.6. The standard InChI is InChI=1S/C8H14N6O2/c1-2-3-4-11-7-5(14(15)16)6(9)12-8(10)13-7/h2-4H2,1H3,(H5,9,10,11,12,13). The Hall–Kier alpha value is -2.12. The smallest absolute Gasteiger partial charge is 0.353 e. The molecular weight excluding hydrogens is 212 g/mol. The van der Waals surface area contributed by atoms with Crippen LogP contribution in [0.1, 0.15) is 19.8 Å². The number of rotatable bonds is 5. The van der Waals surface area contributed by atoms with E-state index in [-0.39, 0.29) is 23.3 Å². The van der Waals surface area contributed by atoms with Crippen LogP contribution < -0.4 is 16.8 Å². The van der Waals surface area contributed by atoms with Gasteiger partial charge < -0.3 is 16.8 Å². The monoisotopic (exact) mass is 226 g/mol. The number of nitro groups is 1. The first-order valence-electron chi connectivity index (χ1n) is 4.87. The summed E-state index contributed by atoms with van der Waals surface area (Å²) in [5, 5.41) is 13.6. The number of anilines is 3. The fourth-order valence-electron chi connectivity index (χ4n) is 1.18. The van der Waals surface area contributed by atoms with Gasteiger partial charge in [0, 0.05) is 6.54 Å². The molecule has 0 aliphatic heterocycles. The van der Waals surface area contributed by atoms with Gasteiger partial charge in [0.2, 0.25) is 17.6 Å². The second-order valence-corrected chi connectivity index (χ2v) is 3.20. The van der Waals surface area contributed by atoms with Crippen molar-refractivity contribution in [3.05, 3.63) is 10.1 Å². The summed E-state index contributed by atoms with van der Waals surface area (Å²) < 4.78 is 0. The SMILES string of the molecule is CCCCNc1nc(N)nc(N)c1[N+](=O)[O-]. The van der Waals surface area contributed by atoms with E-state index in [1.807, 2.05) is 6.92 Å². The lowest BCUT2D eigenvalue weighted by molar-refractivity contribution is -0.383. The summed E-state index contributed by atoms with van der Waals surface area (Å²) in [6.07, 6.45) is 1.85. The Kier molecular flexibility index (Phi) is 3.81. The fraction of sp³-hybridized carbons (Fsp3) is 0.500. The largest absolute Gasteiger partial charge is 0.378 e. The van der Waals surface area contributed by atoms with Crippen molar-refractivity contribution < 1.29 is 4.92 Å². The quantitative estimate of drug-likeness (QED) is 0.383. The van der Waals surface area contributed by atoms with Gasteiger partial charge in [-0.25, -0.2) is 0 Å². The number of hydrogen-bond donors (Lipinski definition) is 3. The lowest BCUT2D eigenvalue weighted by Gasteiger charge is -2.06. The summed E-state index contributed by atoms with van der Waals surface area (Å²) in [6, 6.07) is 0. The van der Waals surface area contributed by atoms with Crippen LogP contribution in [-0.2, 0) is 0 Å². The van der Waals surface area contributed by atoms with E-state index >= 15 is 0 Å². The third-order valence-corrected chi connectivity index (χ3v) is 1.93. The Labute approximate surface area is 92.2 Å². The molecule has 0 unspecified atom stereocenters. The predicted molar refractivity (Wildman–Crippen MR) is 60.9 cm³/mol. The molecule has 0 saturated carbocycles. The van der Waals surface area contributed by atoms with E-state index in [9.17, 15) is 10.1 Å². The van der Waals surface area contributed by atoms with Crippen molar-refractivity contribution in [2.24, 2.45) is 0 Å². The van der Waals surface area contributed by atoms with E-state index in [0.717, 1.165) is 12.8 Å². The molecule has 1 rings (SSSR count). The van der Waals surface area contributed by atoms with Crippen molar-refractivity contribution in [1.82, 2.24) is 9.97 Å². The molecule has 16 heavy (non-hydrogen) atoms. The van der Waals surface area contributed by atoms with Gasteiger partial charge >= 0.3 is 5.69 Å². The predicted octanol–water partition coefficient (Wildman–Crippen LogP) is 0.761. The van der Waals surface area contributed by atoms with Crippen molar-refractivity contribution in [2.45, 2.75) is 19.8 Å². The second kappa shape index (κ2) is 5.10. The average Bonchev–Trinajstić information content (AvgIpc) is 2.16. The number of nitrogens with one attached hydrogen (secondary N) is 1. The van der Waals surface area contributed by atoms with E-state index in [0.29, 0.717) is 6.54 Å². The first-order chi connectivity index (χ1) is 7.56. The topological polar surface area (TPSA) is 133 Å². The summed E-state index contributed by atoms with van der Waals surface area (Å²) in [4.78, 5) is 17.4. The van der Waals surface area contributed by atoms with E-state index in [1.54, 1.807) is 0 Å². The molecule has 5 N–H and O–H groups in total. The van der Waals surface area contributed by atoms with Crippen LogP contribution in [0.25, 0.3) is 0 Å². The van der Waals surface area contributed by atoms with Crippen LogP contribution in [0.3, 0.4) is 0 Å². The maximum atomic E-state index is 10.8. The van der Waals surface area contributed by atoms with Crippen molar-refractivity contribution in [1.29, 1.82) is 0 Å². The highest BCUT2D eigenvalue weighted by molar-refractivity contribution is 5.69. The average molecular weight is 226 g/mol. The van der Waals surface area contributed by atoms with Crippen LogP contribution in [0.2, 0.25) is 0 Å². The maximum Gasteiger partial charge on any atom is 0.353 e. The van der Waals surface area contributed by atoms with Crippen LogP contribution in [0, 0.1) is 10.1 Å². The molecule has 0 saturated heterocycles. The Bertz CT molecular complexity index is 394. The Morgan fingerprint density at radius 3 is 2.69 bits per heavy atom. The summed E-state index contributed by atoms with van der Waals surface area (Å²) in [5.74, 6) is -0.234. The number of nitrogens with zero attached hydrogens (tertiary/aromatic N) is 3. The van der Waals surface area contributed by atoms with Crippen molar-refractivity contribution in [3.8, 4) is 0 Å². The Morgan fingerprint density at radius 2 is 2.12 bits per heavy atom. The molecule has 0 amide bonds. The van der Waals surface area contributed by atoms with Crippen LogP contribution >= 0.6 is 0 Å². The summed E-state index contributed by atoms with van der Waals surface area (Å²) in [6.45, 7) is 2.59. The third kappa shape index (κ3) is 2.69. The van der Waals surface area contributed by atoms with Gasteiger partial charge in [-0.15, -0.1) is 0 Å². The molecule has 1 aromatic rings. The zero-order chi connectivity index (χ0) is 12.1. The fourth-order valence-corrected chi connectivity index (χ4v) is 1.18. The number of unbranched alkanes of at least 4 members (excludes halogenated alkanes) is 1. The normalized spacial score (nSPS) is 10.1. The molecule has 1 heterocycles. The van der Waals surface area contributed by atoms with Crippen molar-refractivity contribution >= 4 is 23.3 Å². The molecule has 0 spiro atoms. The summed E-state index contributed by atoms with van der Waals surface area (Å²) >= 11 is 0. The number of aromatic nitrogens is 2. The van der Waals surface area contributed by atoms with Crippen molar-refractivity contribution in [2.75, 3.05) is 23.3 Å². The minimum Gasteiger partial charge on any atom is -0.378 e. The summed E-state index contributed by atoms with van der Waals surface area (Å²) in [7, 11) is 0. The highest BCUT2D eigenvalue weighted by Crippen LogP contribution is 2.27. The lowest BCUT2D eigenvalue weighted by atomic mass is 10.3. The van der Waals surface area contributed by atoms with E-state index in [1.165, 1.54) is 0 Å². The molecule has 0 bridgehead atoms.